The Bertz CT molecular complexity index is 1140. The first kappa shape index (κ1) is 24.8. The lowest BCUT2D eigenvalue weighted by atomic mass is 10.1. The third-order valence-corrected chi connectivity index (χ3v) is 5.14. The first-order valence-electron chi connectivity index (χ1n) is 11.2. The number of hydrogen-bond donors (Lipinski definition) is 2. The number of benzene rings is 2. The predicted molar refractivity (Wildman–Crippen MR) is 128 cm³/mol. The molecule has 0 radical (unpaired) electrons. The fourth-order valence-corrected chi connectivity index (χ4v) is 3.29. The van der Waals surface area contributed by atoms with Gasteiger partial charge in [-0.15, -0.1) is 10.2 Å². The number of ether oxygens (including phenoxy) is 3. The van der Waals surface area contributed by atoms with E-state index >= 15 is 0 Å². The minimum Gasteiger partial charge on any atom is -0.494 e. The molecule has 0 aliphatic rings. The SMILES string of the molecule is CCCOc1ccc(-c2nnc(CCC(=O)NCCc3ccc(OC)c(OC)c3)c(=O)[nH]2)cc1. The summed E-state index contributed by atoms with van der Waals surface area (Å²) in [5.74, 6) is 2.28. The van der Waals surface area contributed by atoms with E-state index < -0.39 is 0 Å². The number of H-pyrrole nitrogens is 1. The van der Waals surface area contributed by atoms with Crippen LogP contribution in [0, 0.1) is 0 Å². The Kier molecular flexibility index (Phi) is 9.02. The molecule has 0 spiro atoms. The normalized spacial score (nSPS) is 10.6. The van der Waals surface area contributed by atoms with Crippen LogP contribution >= 0.6 is 0 Å². The highest BCUT2D eigenvalue weighted by Crippen LogP contribution is 2.27. The summed E-state index contributed by atoms with van der Waals surface area (Å²) in [4.78, 5) is 27.4. The number of amides is 1. The maximum absolute atomic E-state index is 12.4. The molecule has 180 valence electrons. The van der Waals surface area contributed by atoms with Gasteiger partial charge >= 0.3 is 0 Å². The van der Waals surface area contributed by atoms with Crippen molar-refractivity contribution in [2.45, 2.75) is 32.6 Å². The van der Waals surface area contributed by atoms with Crippen molar-refractivity contribution in [1.29, 1.82) is 0 Å². The summed E-state index contributed by atoms with van der Waals surface area (Å²) in [7, 11) is 3.17. The third-order valence-electron chi connectivity index (χ3n) is 5.14. The van der Waals surface area contributed by atoms with Gasteiger partial charge in [-0.3, -0.25) is 9.59 Å². The van der Waals surface area contributed by atoms with Gasteiger partial charge in [0.15, 0.2) is 17.3 Å². The summed E-state index contributed by atoms with van der Waals surface area (Å²) in [6, 6.07) is 12.9. The number of aryl methyl sites for hydroxylation is 1. The second-order valence-electron chi connectivity index (χ2n) is 7.61. The van der Waals surface area contributed by atoms with Gasteiger partial charge in [-0.05, 0) is 54.8 Å². The molecular weight excluding hydrogens is 436 g/mol. The van der Waals surface area contributed by atoms with E-state index in [9.17, 15) is 9.59 Å². The van der Waals surface area contributed by atoms with Gasteiger partial charge in [0.2, 0.25) is 5.91 Å². The van der Waals surface area contributed by atoms with Gasteiger partial charge < -0.3 is 24.5 Å². The molecule has 9 heteroatoms. The van der Waals surface area contributed by atoms with Crippen molar-refractivity contribution in [3.63, 3.8) is 0 Å². The number of rotatable bonds is 12. The molecule has 34 heavy (non-hydrogen) atoms. The number of nitrogens with one attached hydrogen (secondary N) is 2. The topological polar surface area (TPSA) is 115 Å². The van der Waals surface area contributed by atoms with E-state index in [0.29, 0.717) is 36.9 Å². The van der Waals surface area contributed by atoms with Crippen molar-refractivity contribution in [3.8, 4) is 28.6 Å². The molecule has 0 aliphatic heterocycles. The van der Waals surface area contributed by atoms with Crippen LogP contribution in [0.4, 0.5) is 0 Å². The minimum atomic E-state index is -0.352. The van der Waals surface area contributed by atoms with Gasteiger partial charge in [0.05, 0.1) is 20.8 Å². The first-order valence-corrected chi connectivity index (χ1v) is 11.2. The molecule has 3 rings (SSSR count). The molecule has 0 bridgehead atoms. The maximum Gasteiger partial charge on any atom is 0.273 e. The van der Waals surface area contributed by atoms with Crippen LogP contribution in [0.15, 0.2) is 47.3 Å². The third kappa shape index (κ3) is 6.81. The number of nitrogens with zero attached hydrogens (tertiary/aromatic N) is 2. The molecule has 0 unspecified atom stereocenters. The van der Waals surface area contributed by atoms with Crippen LogP contribution in [0.25, 0.3) is 11.4 Å². The number of carbonyl (C=O) groups is 1. The second kappa shape index (κ2) is 12.4. The molecule has 2 N–H and O–H groups in total. The quantitative estimate of drug-likeness (QED) is 0.422. The fraction of sp³-hybridized carbons (Fsp3) is 0.360. The zero-order valence-corrected chi connectivity index (χ0v) is 19.7. The first-order chi connectivity index (χ1) is 16.5. The Hall–Kier alpha value is -3.88. The van der Waals surface area contributed by atoms with Gasteiger partial charge in [0.1, 0.15) is 11.4 Å². The Morgan fingerprint density at radius 1 is 1.00 bits per heavy atom. The lowest BCUT2D eigenvalue weighted by Gasteiger charge is -2.10. The highest BCUT2D eigenvalue weighted by atomic mass is 16.5. The average Bonchev–Trinajstić information content (AvgIpc) is 2.86. The summed E-state index contributed by atoms with van der Waals surface area (Å²) in [5, 5.41) is 11.0. The van der Waals surface area contributed by atoms with Crippen molar-refractivity contribution in [1.82, 2.24) is 20.5 Å². The molecule has 1 heterocycles. The van der Waals surface area contributed by atoms with Crippen LogP contribution in [-0.4, -0.2) is 48.5 Å². The molecule has 1 aromatic heterocycles. The largest absolute Gasteiger partial charge is 0.494 e. The lowest BCUT2D eigenvalue weighted by Crippen LogP contribution is -2.27. The molecule has 0 saturated heterocycles. The molecular formula is C25H30N4O5. The molecule has 0 saturated carbocycles. The van der Waals surface area contributed by atoms with E-state index in [-0.39, 0.29) is 30.0 Å². The standard InChI is InChI=1S/C25H30N4O5/c1-4-15-34-19-8-6-18(7-9-19)24-27-25(31)20(28-29-24)10-12-23(30)26-14-13-17-5-11-21(32-2)22(16-17)33-3/h5-9,11,16H,4,10,12-15H2,1-3H3,(H,26,30)(H,27,29,31). The Morgan fingerprint density at radius 3 is 2.44 bits per heavy atom. The van der Waals surface area contributed by atoms with Gasteiger partial charge in [-0.25, -0.2) is 0 Å². The molecule has 0 atom stereocenters. The fourth-order valence-electron chi connectivity index (χ4n) is 3.29. The van der Waals surface area contributed by atoms with E-state index in [2.05, 4.69) is 20.5 Å². The Balaban J connectivity index is 1.48. The highest BCUT2D eigenvalue weighted by Gasteiger charge is 2.10. The smallest absolute Gasteiger partial charge is 0.273 e. The molecule has 3 aromatic rings. The van der Waals surface area contributed by atoms with Crippen molar-refractivity contribution >= 4 is 5.91 Å². The van der Waals surface area contributed by atoms with Crippen molar-refractivity contribution in [3.05, 3.63) is 64.1 Å². The second-order valence-corrected chi connectivity index (χ2v) is 7.61. The number of hydrogen-bond acceptors (Lipinski definition) is 7. The number of aromatic nitrogens is 3. The van der Waals surface area contributed by atoms with Gasteiger partial charge in [-0.2, -0.15) is 0 Å². The molecule has 1 amide bonds. The molecule has 0 aliphatic carbocycles. The lowest BCUT2D eigenvalue weighted by molar-refractivity contribution is -0.121. The van der Waals surface area contributed by atoms with Crippen LogP contribution < -0.4 is 25.1 Å². The van der Waals surface area contributed by atoms with Crippen LogP contribution in [0.5, 0.6) is 17.2 Å². The van der Waals surface area contributed by atoms with Gasteiger partial charge in [-0.1, -0.05) is 13.0 Å². The predicted octanol–water partition coefficient (Wildman–Crippen LogP) is 2.93. The van der Waals surface area contributed by atoms with E-state index in [1.165, 1.54) is 0 Å². The van der Waals surface area contributed by atoms with E-state index in [4.69, 9.17) is 14.2 Å². The van der Waals surface area contributed by atoms with E-state index in [0.717, 1.165) is 23.3 Å². The summed E-state index contributed by atoms with van der Waals surface area (Å²) in [6.45, 7) is 3.15. The zero-order chi connectivity index (χ0) is 24.3. The van der Waals surface area contributed by atoms with Crippen molar-refractivity contribution in [2.75, 3.05) is 27.4 Å². The summed E-state index contributed by atoms with van der Waals surface area (Å²) in [6.07, 6.45) is 1.92. The maximum atomic E-state index is 12.4. The number of carbonyl (C=O) groups excluding carboxylic acids is 1. The van der Waals surface area contributed by atoms with Crippen molar-refractivity contribution < 1.29 is 19.0 Å². The average molecular weight is 467 g/mol. The number of aromatic amines is 1. The van der Waals surface area contributed by atoms with Crippen LogP contribution in [-0.2, 0) is 17.6 Å². The monoisotopic (exact) mass is 466 g/mol. The summed E-state index contributed by atoms with van der Waals surface area (Å²) < 4.78 is 16.1. The van der Waals surface area contributed by atoms with E-state index in [1.54, 1.807) is 14.2 Å². The zero-order valence-electron chi connectivity index (χ0n) is 19.7. The summed E-state index contributed by atoms with van der Waals surface area (Å²) >= 11 is 0. The minimum absolute atomic E-state index is 0.145. The molecule has 2 aromatic carbocycles. The molecule has 0 fully saturated rings. The summed E-state index contributed by atoms with van der Waals surface area (Å²) in [5.41, 5.74) is 1.62. The number of methoxy groups -OCH3 is 2. The Morgan fingerprint density at radius 2 is 1.76 bits per heavy atom. The highest BCUT2D eigenvalue weighted by molar-refractivity contribution is 5.76. The van der Waals surface area contributed by atoms with Gasteiger partial charge in [0, 0.05) is 24.9 Å². The molecule has 9 nitrogen and oxygen atoms in total. The van der Waals surface area contributed by atoms with Crippen molar-refractivity contribution in [2.24, 2.45) is 0 Å². The van der Waals surface area contributed by atoms with Crippen LogP contribution in [0.2, 0.25) is 0 Å². The van der Waals surface area contributed by atoms with Crippen LogP contribution in [0.3, 0.4) is 0 Å². The van der Waals surface area contributed by atoms with Gasteiger partial charge in [0.25, 0.3) is 5.56 Å². The van der Waals surface area contributed by atoms with E-state index in [1.807, 2.05) is 49.4 Å². The van der Waals surface area contributed by atoms with Crippen LogP contribution in [0.1, 0.15) is 31.0 Å². The Labute approximate surface area is 198 Å².